The third kappa shape index (κ3) is 3.85. The number of rotatable bonds is 4. The maximum absolute atomic E-state index is 11.8. The van der Waals surface area contributed by atoms with E-state index in [9.17, 15) is 9.59 Å². The highest BCUT2D eigenvalue weighted by Gasteiger charge is 2.15. The molecule has 0 fully saturated rings. The van der Waals surface area contributed by atoms with Gasteiger partial charge in [0, 0.05) is 16.7 Å². The lowest BCUT2D eigenvalue weighted by Crippen LogP contribution is -2.28. The summed E-state index contributed by atoms with van der Waals surface area (Å²) in [4.78, 5) is 25.6. The van der Waals surface area contributed by atoms with Crippen LogP contribution in [0, 0.1) is 6.92 Å². The zero-order valence-corrected chi connectivity index (χ0v) is 12.8. The van der Waals surface area contributed by atoms with E-state index in [4.69, 9.17) is 5.11 Å². The fourth-order valence-electron chi connectivity index (χ4n) is 1.84. The number of amides is 2. The SMILES string of the molecule is Cc1cc(NC(=O)NCc2ccccc2Br)c(C(=O)O)[nH]1. The van der Waals surface area contributed by atoms with Gasteiger partial charge in [0.2, 0.25) is 0 Å². The van der Waals surface area contributed by atoms with Gasteiger partial charge in [-0.15, -0.1) is 0 Å². The standard InChI is InChI=1S/C14H14BrN3O3/c1-8-6-11(12(17-8)13(19)20)18-14(21)16-7-9-4-2-3-5-10(9)15/h2-6,17H,7H2,1H3,(H,19,20)(H2,16,18,21). The number of anilines is 1. The topological polar surface area (TPSA) is 94.2 Å². The lowest BCUT2D eigenvalue weighted by Gasteiger charge is -2.08. The number of carboxylic acids is 1. The van der Waals surface area contributed by atoms with Crippen molar-refractivity contribution < 1.29 is 14.7 Å². The number of nitrogens with one attached hydrogen (secondary N) is 3. The first-order valence-electron chi connectivity index (χ1n) is 6.18. The summed E-state index contributed by atoms with van der Waals surface area (Å²) in [6.45, 7) is 2.05. The molecule has 0 aliphatic heterocycles. The van der Waals surface area contributed by atoms with Crippen molar-refractivity contribution in [2.75, 3.05) is 5.32 Å². The van der Waals surface area contributed by atoms with E-state index < -0.39 is 12.0 Å². The number of aromatic amines is 1. The normalized spacial score (nSPS) is 10.2. The Balaban J connectivity index is 1.99. The molecule has 6 nitrogen and oxygen atoms in total. The van der Waals surface area contributed by atoms with E-state index in [1.807, 2.05) is 24.3 Å². The van der Waals surface area contributed by atoms with E-state index >= 15 is 0 Å². The number of H-pyrrole nitrogens is 1. The third-order valence-corrected chi connectivity index (χ3v) is 3.59. The second-order valence-corrected chi connectivity index (χ2v) is 5.30. The molecular weight excluding hydrogens is 338 g/mol. The van der Waals surface area contributed by atoms with Crippen molar-refractivity contribution in [1.29, 1.82) is 0 Å². The van der Waals surface area contributed by atoms with E-state index in [1.165, 1.54) is 0 Å². The van der Waals surface area contributed by atoms with Crippen molar-refractivity contribution in [1.82, 2.24) is 10.3 Å². The summed E-state index contributed by atoms with van der Waals surface area (Å²) in [6.07, 6.45) is 0. The molecular formula is C14H14BrN3O3. The molecule has 0 aliphatic rings. The Labute approximate surface area is 129 Å². The maximum atomic E-state index is 11.8. The predicted octanol–water partition coefficient (Wildman–Crippen LogP) is 3.11. The molecule has 0 unspecified atom stereocenters. The van der Waals surface area contributed by atoms with Crippen molar-refractivity contribution in [3.05, 3.63) is 51.8 Å². The van der Waals surface area contributed by atoms with Gasteiger partial charge in [0.15, 0.2) is 0 Å². The molecule has 0 saturated heterocycles. The average molecular weight is 352 g/mol. The first kappa shape index (κ1) is 15.1. The number of aromatic nitrogens is 1. The summed E-state index contributed by atoms with van der Waals surface area (Å²) in [5.41, 5.74) is 1.79. The van der Waals surface area contributed by atoms with Gasteiger partial charge in [-0.1, -0.05) is 34.1 Å². The molecule has 0 spiro atoms. The van der Waals surface area contributed by atoms with Gasteiger partial charge < -0.3 is 20.7 Å². The molecule has 1 heterocycles. The van der Waals surface area contributed by atoms with Crippen LogP contribution in [0.3, 0.4) is 0 Å². The number of hydrogen-bond acceptors (Lipinski definition) is 2. The van der Waals surface area contributed by atoms with Crippen molar-refractivity contribution in [2.24, 2.45) is 0 Å². The predicted molar refractivity (Wildman–Crippen MR) is 82.5 cm³/mol. The largest absolute Gasteiger partial charge is 0.477 e. The van der Waals surface area contributed by atoms with E-state index in [0.29, 0.717) is 12.2 Å². The Kier molecular flexibility index (Phi) is 4.64. The molecule has 0 bridgehead atoms. The van der Waals surface area contributed by atoms with Gasteiger partial charge in [0.1, 0.15) is 5.69 Å². The third-order valence-electron chi connectivity index (χ3n) is 2.81. The van der Waals surface area contributed by atoms with Crippen LogP contribution in [-0.2, 0) is 6.54 Å². The van der Waals surface area contributed by atoms with Gasteiger partial charge in [0.05, 0.1) is 5.69 Å². The minimum atomic E-state index is -1.12. The smallest absolute Gasteiger partial charge is 0.354 e. The second kappa shape index (κ2) is 6.45. The summed E-state index contributed by atoms with van der Waals surface area (Å²) in [5.74, 6) is -1.12. The monoisotopic (exact) mass is 351 g/mol. The van der Waals surface area contributed by atoms with Crippen LogP contribution in [0.5, 0.6) is 0 Å². The molecule has 0 radical (unpaired) electrons. The van der Waals surface area contributed by atoms with Crippen LogP contribution in [-0.4, -0.2) is 22.1 Å². The molecule has 7 heteroatoms. The van der Waals surface area contributed by atoms with Crippen molar-refractivity contribution >= 4 is 33.6 Å². The van der Waals surface area contributed by atoms with Gasteiger partial charge in [-0.2, -0.15) is 0 Å². The van der Waals surface area contributed by atoms with Crippen molar-refractivity contribution in [3.63, 3.8) is 0 Å². The maximum Gasteiger partial charge on any atom is 0.354 e. The molecule has 0 aliphatic carbocycles. The van der Waals surface area contributed by atoms with Gasteiger partial charge in [-0.25, -0.2) is 9.59 Å². The van der Waals surface area contributed by atoms with Crippen LogP contribution in [0.1, 0.15) is 21.7 Å². The number of aryl methyl sites for hydroxylation is 1. The van der Waals surface area contributed by atoms with Gasteiger partial charge in [-0.3, -0.25) is 0 Å². The van der Waals surface area contributed by atoms with Crippen LogP contribution in [0.4, 0.5) is 10.5 Å². The Morgan fingerprint density at radius 2 is 2.05 bits per heavy atom. The quantitative estimate of drug-likeness (QED) is 0.681. The summed E-state index contributed by atoms with van der Waals surface area (Å²) in [5, 5.41) is 14.2. The summed E-state index contributed by atoms with van der Waals surface area (Å²) < 4.78 is 0.897. The number of carbonyl (C=O) groups is 2. The minimum Gasteiger partial charge on any atom is -0.477 e. The zero-order valence-electron chi connectivity index (χ0n) is 11.2. The van der Waals surface area contributed by atoms with Crippen LogP contribution in [0.15, 0.2) is 34.8 Å². The fraction of sp³-hybridized carbons (Fsp3) is 0.143. The highest BCUT2D eigenvalue weighted by molar-refractivity contribution is 9.10. The summed E-state index contributed by atoms with van der Waals surface area (Å²) in [7, 11) is 0. The number of urea groups is 1. The average Bonchev–Trinajstić information content (AvgIpc) is 2.79. The van der Waals surface area contributed by atoms with E-state index in [0.717, 1.165) is 10.0 Å². The summed E-state index contributed by atoms with van der Waals surface area (Å²) in [6, 6.07) is 8.63. The molecule has 0 saturated carbocycles. The molecule has 2 rings (SSSR count). The van der Waals surface area contributed by atoms with E-state index in [-0.39, 0.29) is 11.4 Å². The van der Waals surface area contributed by atoms with Gasteiger partial charge >= 0.3 is 12.0 Å². The van der Waals surface area contributed by atoms with Crippen molar-refractivity contribution in [2.45, 2.75) is 13.5 Å². The first-order chi connectivity index (χ1) is 9.97. The highest BCUT2D eigenvalue weighted by atomic mass is 79.9. The lowest BCUT2D eigenvalue weighted by atomic mass is 10.2. The molecule has 21 heavy (non-hydrogen) atoms. The molecule has 2 amide bonds. The number of benzene rings is 1. The molecule has 1 aromatic carbocycles. The Bertz CT molecular complexity index is 682. The zero-order chi connectivity index (χ0) is 15.4. The van der Waals surface area contributed by atoms with Crippen molar-refractivity contribution in [3.8, 4) is 0 Å². The second-order valence-electron chi connectivity index (χ2n) is 4.45. The molecule has 1 aromatic heterocycles. The van der Waals surface area contributed by atoms with Crippen LogP contribution in [0.2, 0.25) is 0 Å². The number of halogens is 1. The van der Waals surface area contributed by atoms with E-state index in [2.05, 4.69) is 31.5 Å². The highest BCUT2D eigenvalue weighted by Crippen LogP contribution is 2.17. The molecule has 110 valence electrons. The minimum absolute atomic E-state index is 0.0384. The molecule has 2 aromatic rings. The van der Waals surface area contributed by atoms with Gasteiger partial charge in [-0.05, 0) is 24.6 Å². The number of carbonyl (C=O) groups excluding carboxylic acids is 1. The fourth-order valence-corrected chi connectivity index (χ4v) is 2.27. The molecule has 4 N–H and O–H groups in total. The molecule has 0 atom stereocenters. The number of hydrogen-bond donors (Lipinski definition) is 4. The Morgan fingerprint density at radius 1 is 1.33 bits per heavy atom. The summed E-state index contributed by atoms with van der Waals surface area (Å²) >= 11 is 3.39. The number of aromatic carboxylic acids is 1. The van der Waals surface area contributed by atoms with E-state index in [1.54, 1.807) is 13.0 Å². The van der Waals surface area contributed by atoms with Crippen LogP contribution < -0.4 is 10.6 Å². The van der Waals surface area contributed by atoms with Crippen LogP contribution >= 0.6 is 15.9 Å². The Morgan fingerprint density at radius 3 is 2.71 bits per heavy atom. The lowest BCUT2D eigenvalue weighted by molar-refractivity contribution is 0.0692. The first-order valence-corrected chi connectivity index (χ1v) is 6.98. The number of carboxylic acid groups (broad SMARTS) is 1. The van der Waals surface area contributed by atoms with Gasteiger partial charge in [0.25, 0.3) is 0 Å². The van der Waals surface area contributed by atoms with Crippen LogP contribution in [0.25, 0.3) is 0 Å². The Hall–Kier alpha value is -2.28.